The van der Waals surface area contributed by atoms with Crippen LogP contribution in [0.2, 0.25) is 0 Å². The first-order valence-electron chi connectivity index (χ1n) is 9.05. The second kappa shape index (κ2) is 7.21. The molecule has 11 heteroatoms. The lowest BCUT2D eigenvalue weighted by molar-refractivity contribution is -0.385. The quantitative estimate of drug-likeness (QED) is 0.577. The molecule has 2 aromatic rings. The van der Waals surface area contributed by atoms with Crippen LogP contribution in [0.3, 0.4) is 0 Å². The molecule has 0 spiro atoms. The molecule has 2 fully saturated rings. The van der Waals surface area contributed by atoms with Crippen molar-refractivity contribution in [2.24, 2.45) is 0 Å². The zero-order valence-electron chi connectivity index (χ0n) is 15.5. The molecule has 0 amide bonds. The molecule has 1 saturated carbocycles. The first-order chi connectivity index (χ1) is 13.9. The van der Waals surface area contributed by atoms with Crippen LogP contribution in [0.4, 0.5) is 15.8 Å². The molecule has 2 heterocycles. The minimum Gasteiger partial charge on any atom is -0.492 e. The zero-order valence-corrected chi connectivity index (χ0v) is 16.3. The standard InChI is InChI=1S/C18H18FN3O6S/c1-28-17-14-11(16(23)10(18(24)25)8-21(14)9-2-3-9)13(22(26)27)12(19)15(17)20-4-6-29-7-5-20/h8-9H,2-7H2,1H3,(H,24,25). The van der Waals surface area contributed by atoms with Crippen LogP contribution in [0.25, 0.3) is 10.9 Å². The summed E-state index contributed by atoms with van der Waals surface area (Å²) < 4.78 is 22.5. The maximum Gasteiger partial charge on any atom is 0.341 e. The van der Waals surface area contributed by atoms with Crippen molar-refractivity contribution in [1.82, 2.24) is 4.57 Å². The predicted molar refractivity (Wildman–Crippen MR) is 106 cm³/mol. The van der Waals surface area contributed by atoms with E-state index in [1.54, 1.807) is 16.7 Å². The minimum atomic E-state index is -1.52. The summed E-state index contributed by atoms with van der Waals surface area (Å²) in [5, 5.41) is 20.7. The Balaban J connectivity index is 2.20. The Kier molecular flexibility index (Phi) is 4.85. The van der Waals surface area contributed by atoms with Gasteiger partial charge in [0.2, 0.25) is 11.2 Å². The summed E-state index contributed by atoms with van der Waals surface area (Å²) in [5.41, 5.74) is -2.70. The first kappa shape index (κ1) is 19.5. The lowest BCUT2D eigenvalue weighted by Crippen LogP contribution is -2.34. The van der Waals surface area contributed by atoms with Crippen molar-refractivity contribution in [2.75, 3.05) is 36.6 Å². The van der Waals surface area contributed by atoms with Gasteiger partial charge in [0.1, 0.15) is 22.2 Å². The summed E-state index contributed by atoms with van der Waals surface area (Å²) >= 11 is 1.69. The number of methoxy groups -OCH3 is 1. The number of carboxylic acid groups (broad SMARTS) is 1. The van der Waals surface area contributed by atoms with Crippen molar-refractivity contribution in [3.8, 4) is 5.75 Å². The van der Waals surface area contributed by atoms with Crippen molar-refractivity contribution in [2.45, 2.75) is 18.9 Å². The Hall–Kier alpha value is -2.82. The molecule has 29 heavy (non-hydrogen) atoms. The van der Waals surface area contributed by atoms with Gasteiger partial charge in [-0.1, -0.05) is 0 Å². The summed E-state index contributed by atoms with van der Waals surface area (Å²) in [7, 11) is 1.31. The van der Waals surface area contributed by atoms with Gasteiger partial charge in [-0.25, -0.2) is 4.79 Å². The average molecular weight is 423 g/mol. The third-order valence-electron chi connectivity index (χ3n) is 5.20. The highest BCUT2D eigenvalue weighted by molar-refractivity contribution is 7.99. The van der Waals surface area contributed by atoms with Crippen LogP contribution in [-0.2, 0) is 0 Å². The second-order valence-electron chi connectivity index (χ2n) is 6.94. The molecule has 2 aliphatic rings. The highest BCUT2D eigenvalue weighted by Gasteiger charge is 2.37. The van der Waals surface area contributed by atoms with Gasteiger partial charge < -0.3 is 19.3 Å². The topological polar surface area (TPSA) is 115 Å². The van der Waals surface area contributed by atoms with Crippen molar-refractivity contribution >= 4 is 40.0 Å². The fourth-order valence-corrected chi connectivity index (χ4v) is 4.65. The molecule has 1 N–H and O–H groups in total. The fourth-order valence-electron chi connectivity index (χ4n) is 3.74. The molecule has 0 bridgehead atoms. The molecule has 4 rings (SSSR count). The minimum absolute atomic E-state index is 0.0240. The molecule has 9 nitrogen and oxygen atoms in total. The van der Waals surface area contributed by atoms with Crippen LogP contribution in [0, 0.1) is 15.9 Å². The van der Waals surface area contributed by atoms with E-state index >= 15 is 4.39 Å². The maximum absolute atomic E-state index is 15.5. The van der Waals surface area contributed by atoms with Gasteiger partial charge >= 0.3 is 11.7 Å². The van der Waals surface area contributed by atoms with Gasteiger partial charge in [0.25, 0.3) is 0 Å². The number of halogens is 1. The summed E-state index contributed by atoms with van der Waals surface area (Å²) in [5.74, 6) is -1.22. The van der Waals surface area contributed by atoms with Gasteiger partial charge in [-0.2, -0.15) is 16.2 Å². The van der Waals surface area contributed by atoms with E-state index in [0.29, 0.717) is 13.1 Å². The van der Waals surface area contributed by atoms with Crippen LogP contribution in [0.1, 0.15) is 29.2 Å². The Bertz CT molecular complexity index is 1090. The van der Waals surface area contributed by atoms with Crippen LogP contribution in [0.15, 0.2) is 11.0 Å². The summed E-state index contributed by atoms with van der Waals surface area (Å²) in [6, 6.07) is -0.125. The van der Waals surface area contributed by atoms with E-state index in [4.69, 9.17) is 4.74 Å². The number of rotatable bonds is 5. The molecular weight excluding hydrogens is 405 g/mol. The number of aromatic nitrogens is 1. The zero-order chi connectivity index (χ0) is 20.9. The van der Waals surface area contributed by atoms with E-state index < -0.39 is 38.8 Å². The molecule has 1 aliphatic heterocycles. The largest absolute Gasteiger partial charge is 0.492 e. The van der Waals surface area contributed by atoms with Gasteiger partial charge in [-0.15, -0.1) is 0 Å². The molecule has 1 aliphatic carbocycles. The number of nitro groups is 1. The monoisotopic (exact) mass is 423 g/mol. The molecule has 154 valence electrons. The van der Waals surface area contributed by atoms with E-state index in [1.807, 2.05) is 0 Å². The Morgan fingerprint density at radius 3 is 2.55 bits per heavy atom. The number of aromatic carboxylic acids is 1. The lowest BCUT2D eigenvalue weighted by Gasteiger charge is -2.30. The fraction of sp³-hybridized carbons (Fsp3) is 0.444. The average Bonchev–Trinajstić information content (AvgIpc) is 3.52. The highest BCUT2D eigenvalue weighted by Crippen LogP contribution is 2.47. The summed E-state index contributed by atoms with van der Waals surface area (Å²) in [6.45, 7) is 0.947. The van der Waals surface area contributed by atoms with Gasteiger partial charge in [0, 0.05) is 36.8 Å². The molecule has 1 saturated heterocycles. The molecule has 0 radical (unpaired) electrons. The van der Waals surface area contributed by atoms with E-state index in [0.717, 1.165) is 24.3 Å². The third kappa shape index (κ3) is 3.09. The van der Waals surface area contributed by atoms with Gasteiger partial charge in [-0.05, 0) is 12.8 Å². The Morgan fingerprint density at radius 2 is 2.03 bits per heavy atom. The Morgan fingerprint density at radius 1 is 1.38 bits per heavy atom. The van der Waals surface area contributed by atoms with E-state index in [9.17, 15) is 24.8 Å². The maximum atomic E-state index is 15.5. The smallest absolute Gasteiger partial charge is 0.341 e. The number of thioether (sulfide) groups is 1. The highest BCUT2D eigenvalue weighted by atomic mass is 32.2. The number of carbonyl (C=O) groups is 1. The van der Waals surface area contributed by atoms with E-state index in [-0.39, 0.29) is 23.0 Å². The number of nitrogens with zero attached hydrogens (tertiary/aromatic N) is 3. The predicted octanol–water partition coefficient (Wildman–Crippen LogP) is 2.64. The normalized spacial score (nSPS) is 16.8. The molecule has 1 aromatic carbocycles. The number of hydrogen-bond acceptors (Lipinski definition) is 7. The van der Waals surface area contributed by atoms with Crippen molar-refractivity contribution in [3.05, 3.63) is 37.9 Å². The first-order valence-corrected chi connectivity index (χ1v) is 10.2. The van der Waals surface area contributed by atoms with Crippen molar-refractivity contribution < 1.29 is 24.0 Å². The van der Waals surface area contributed by atoms with Gasteiger partial charge in [-0.3, -0.25) is 14.9 Å². The number of pyridine rings is 1. The van der Waals surface area contributed by atoms with Crippen molar-refractivity contribution in [1.29, 1.82) is 0 Å². The number of hydrogen-bond donors (Lipinski definition) is 1. The lowest BCUT2D eigenvalue weighted by atomic mass is 10.1. The van der Waals surface area contributed by atoms with Crippen LogP contribution >= 0.6 is 11.8 Å². The number of fused-ring (bicyclic) bond motifs is 1. The van der Waals surface area contributed by atoms with Gasteiger partial charge in [0.05, 0.1) is 12.0 Å². The molecule has 1 aromatic heterocycles. The summed E-state index contributed by atoms with van der Waals surface area (Å²) in [6.07, 6.45) is 2.63. The summed E-state index contributed by atoms with van der Waals surface area (Å²) in [4.78, 5) is 37.0. The molecule has 0 atom stereocenters. The van der Waals surface area contributed by atoms with Crippen LogP contribution < -0.4 is 15.1 Å². The van der Waals surface area contributed by atoms with Crippen LogP contribution in [-0.4, -0.2) is 52.3 Å². The molecule has 0 unspecified atom stereocenters. The van der Waals surface area contributed by atoms with E-state index in [1.165, 1.54) is 17.9 Å². The molecular formula is C18H18FN3O6S. The number of nitro benzene ring substituents is 1. The van der Waals surface area contributed by atoms with Crippen LogP contribution in [0.5, 0.6) is 5.75 Å². The third-order valence-corrected chi connectivity index (χ3v) is 6.14. The Labute approximate surface area is 168 Å². The number of benzene rings is 1. The van der Waals surface area contributed by atoms with E-state index in [2.05, 4.69) is 0 Å². The van der Waals surface area contributed by atoms with Crippen molar-refractivity contribution in [3.63, 3.8) is 0 Å². The number of carboxylic acids is 1. The number of anilines is 1. The number of ether oxygens (including phenoxy) is 1. The van der Waals surface area contributed by atoms with Gasteiger partial charge in [0.15, 0.2) is 5.75 Å². The second-order valence-corrected chi connectivity index (χ2v) is 8.16. The SMILES string of the molecule is COc1c(N2CCSCC2)c(F)c([N+](=O)[O-])c2c(=O)c(C(=O)O)cn(C3CC3)c12.